The van der Waals surface area contributed by atoms with Crippen LogP contribution in [0.5, 0.6) is 0 Å². The van der Waals surface area contributed by atoms with Crippen molar-refractivity contribution in [2.45, 2.75) is 38.7 Å². The van der Waals surface area contributed by atoms with E-state index in [2.05, 4.69) is 31.2 Å². The first-order valence-electron chi connectivity index (χ1n) is 6.51. The molecule has 2 rings (SSSR count). The monoisotopic (exact) mass is 252 g/mol. The number of hydrogen-bond acceptors (Lipinski definition) is 1. The van der Waals surface area contributed by atoms with Gasteiger partial charge in [-0.3, -0.25) is 0 Å². The van der Waals surface area contributed by atoms with Crippen molar-refractivity contribution >= 4 is 11.6 Å². The fraction of sp³-hybridized carbons (Fsp3) is 0.600. The molecule has 1 heterocycles. The second kappa shape index (κ2) is 6.42. The Morgan fingerprint density at radius 2 is 2.24 bits per heavy atom. The van der Waals surface area contributed by atoms with E-state index >= 15 is 0 Å². The minimum atomic E-state index is 0.447. The molecule has 0 radical (unpaired) electrons. The largest absolute Gasteiger partial charge is 0.378 e. The molecule has 0 bridgehead atoms. The summed E-state index contributed by atoms with van der Waals surface area (Å²) in [5.41, 5.74) is 2.80. The van der Waals surface area contributed by atoms with E-state index in [1.165, 1.54) is 24.0 Å². The van der Waals surface area contributed by atoms with Gasteiger partial charge in [-0.15, -0.1) is 11.6 Å². The highest BCUT2D eigenvalue weighted by Crippen LogP contribution is 2.24. The fourth-order valence-electron chi connectivity index (χ4n) is 2.55. The van der Waals surface area contributed by atoms with E-state index in [0.29, 0.717) is 12.0 Å². The van der Waals surface area contributed by atoms with E-state index in [1.807, 2.05) is 0 Å². The van der Waals surface area contributed by atoms with Crippen LogP contribution in [-0.4, -0.2) is 18.6 Å². The Hall–Kier alpha value is -0.530. The van der Waals surface area contributed by atoms with Gasteiger partial charge in [-0.2, -0.15) is 0 Å². The van der Waals surface area contributed by atoms with E-state index in [4.69, 9.17) is 16.3 Å². The molecule has 94 valence electrons. The molecule has 0 amide bonds. The SMILES string of the molecule is Cc1ccccc1CC(CCl)CC1CCCO1. The lowest BCUT2D eigenvalue weighted by Crippen LogP contribution is -2.16. The zero-order valence-corrected chi connectivity index (χ0v) is 11.2. The molecule has 2 atom stereocenters. The number of alkyl halides is 1. The lowest BCUT2D eigenvalue weighted by molar-refractivity contribution is 0.0922. The van der Waals surface area contributed by atoms with Crippen molar-refractivity contribution in [3.8, 4) is 0 Å². The van der Waals surface area contributed by atoms with Crippen LogP contribution >= 0.6 is 11.6 Å². The average Bonchev–Trinajstić information content (AvgIpc) is 2.84. The summed E-state index contributed by atoms with van der Waals surface area (Å²) >= 11 is 6.09. The molecular weight excluding hydrogens is 232 g/mol. The Bertz CT molecular complexity index is 345. The van der Waals surface area contributed by atoms with Crippen molar-refractivity contribution in [2.24, 2.45) is 5.92 Å². The summed E-state index contributed by atoms with van der Waals surface area (Å²) < 4.78 is 5.69. The van der Waals surface area contributed by atoms with Gasteiger partial charge in [0, 0.05) is 12.5 Å². The van der Waals surface area contributed by atoms with Gasteiger partial charge in [0.05, 0.1) is 6.10 Å². The topological polar surface area (TPSA) is 9.23 Å². The van der Waals surface area contributed by atoms with Crippen molar-refractivity contribution in [3.63, 3.8) is 0 Å². The lowest BCUT2D eigenvalue weighted by Gasteiger charge is -2.19. The van der Waals surface area contributed by atoms with Crippen molar-refractivity contribution in [2.75, 3.05) is 12.5 Å². The molecular formula is C15H21ClO. The lowest BCUT2D eigenvalue weighted by atomic mass is 9.92. The molecule has 2 unspecified atom stereocenters. The standard InChI is InChI=1S/C15H21ClO/c1-12-5-2-3-6-14(12)9-13(11-16)10-15-7-4-8-17-15/h2-3,5-6,13,15H,4,7-11H2,1H3. The number of halogens is 1. The molecule has 1 fully saturated rings. The first-order chi connectivity index (χ1) is 8.29. The molecule has 1 saturated heterocycles. The highest BCUT2D eigenvalue weighted by molar-refractivity contribution is 6.18. The van der Waals surface area contributed by atoms with E-state index in [1.54, 1.807) is 0 Å². The minimum Gasteiger partial charge on any atom is -0.378 e. The predicted octanol–water partition coefficient (Wildman–Crippen LogP) is 3.96. The molecule has 1 nitrogen and oxygen atoms in total. The molecule has 0 aromatic heterocycles. The molecule has 1 aromatic rings. The maximum Gasteiger partial charge on any atom is 0.0579 e. The highest BCUT2D eigenvalue weighted by Gasteiger charge is 2.20. The van der Waals surface area contributed by atoms with Crippen molar-refractivity contribution < 1.29 is 4.74 Å². The maximum atomic E-state index is 6.09. The fourth-order valence-corrected chi connectivity index (χ4v) is 2.79. The third-order valence-corrected chi connectivity index (χ3v) is 4.04. The van der Waals surface area contributed by atoms with E-state index in [-0.39, 0.29) is 0 Å². The number of hydrogen-bond donors (Lipinski definition) is 0. The normalized spacial score (nSPS) is 21.6. The van der Waals surface area contributed by atoms with Gasteiger partial charge >= 0.3 is 0 Å². The molecule has 0 saturated carbocycles. The minimum absolute atomic E-state index is 0.447. The summed E-state index contributed by atoms with van der Waals surface area (Å²) in [5.74, 6) is 1.27. The molecule has 1 aromatic carbocycles. The Morgan fingerprint density at radius 1 is 1.41 bits per heavy atom. The average molecular weight is 253 g/mol. The first-order valence-corrected chi connectivity index (χ1v) is 7.05. The second-order valence-electron chi connectivity index (χ2n) is 5.02. The van der Waals surface area contributed by atoms with Crippen LogP contribution in [0, 0.1) is 12.8 Å². The van der Waals surface area contributed by atoms with E-state index < -0.39 is 0 Å². The molecule has 0 spiro atoms. The zero-order valence-electron chi connectivity index (χ0n) is 10.5. The second-order valence-corrected chi connectivity index (χ2v) is 5.33. The third-order valence-electron chi connectivity index (χ3n) is 3.61. The van der Waals surface area contributed by atoms with Crippen LogP contribution in [-0.2, 0) is 11.2 Å². The van der Waals surface area contributed by atoms with Crippen LogP contribution in [0.3, 0.4) is 0 Å². The zero-order chi connectivity index (χ0) is 12.1. The summed E-state index contributed by atoms with van der Waals surface area (Å²) in [5, 5.41) is 0. The maximum absolute atomic E-state index is 6.09. The Balaban J connectivity index is 1.92. The molecule has 1 aliphatic heterocycles. The van der Waals surface area contributed by atoms with E-state index in [9.17, 15) is 0 Å². The van der Waals surface area contributed by atoms with Crippen LogP contribution < -0.4 is 0 Å². The van der Waals surface area contributed by atoms with Gasteiger partial charge in [0.2, 0.25) is 0 Å². The van der Waals surface area contributed by atoms with Crippen LogP contribution in [0.2, 0.25) is 0 Å². The Labute approximate surface area is 109 Å². The van der Waals surface area contributed by atoms with Gasteiger partial charge in [0.15, 0.2) is 0 Å². The third kappa shape index (κ3) is 3.72. The van der Waals surface area contributed by atoms with Crippen LogP contribution in [0.4, 0.5) is 0 Å². The molecule has 1 aliphatic rings. The van der Waals surface area contributed by atoms with Crippen LogP contribution in [0.25, 0.3) is 0 Å². The number of rotatable bonds is 5. The summed E-state index contributed by atoms with van der Waals surface area (Å²) in [7, 11) is 0. The quantitative estimate of drug-likeness (QED) is 0.721. The molecule has 17 heavy (non-hydrogen) atoms. The van der Waals surface area contributed by atoms with E-state index in [0.717, 1.165) is 25.3 Å². The Kier molecular flexibility index (Phi) is 4.87. The van der Waals surface area contributed by atoms with Gasteiger partial charge in [0.1, 0.15) is 0 Å². The highest BCUT2D eigenvalue weighted by atomic mass is 35.5. The van der Waals surface area contributed by atoms with Gasteiger partial charge in [-0.1, -0.05) is 24.3 Å². The van der Waals surface area contributed by atoms with Gasteiger partial charge in [0.25, 0.3) is 0 Å². The van der Waals surface area contributed by atoms with Gasteiger partial charge in [-0.25, -0.2) is 0 Å². The van der Waals surface area contributed by atoms with Crippen molar-refractivity contribution in [1.82, 2.24) is 0 Å². The van der Waals surface area contributed by atoms with Crippen LogP contribution in [0.15, 0.2) is 24.3 Å². The number of benzene rings is 1. The number of aryl methyl sites for hydroxylation is 1. The smallest absolute Gasteiger partial charge is 0.0579 e. The molecule has 0 N–H and O–H groups in total. The first kappa shape index (κ1) is 12.9. The molecule has 2 heteroatoms. The van der Waals surface area contributed by atoms with Crippen LogP contribution in [0.1, 0.15) is 30.4 Å². The summed E-state index contributed by atoms with van der Waals surface area (Å²) in [4.78, 5) is 0. The molecule has 0 aliphatic carbocycles. The summed E-state index contributed by atoms with van der Waals surface area (Å²) in [6.07, 6.45) is 5.06. The van der Waals surface area contributed by atoms with Gasteiger partial charge in [-0.05, 0) is 49.7 Å². The van der Waals surface area contributed by atoms with Crippen molar-refractivity contribution in [3.05, 3.63) is 35.4 Å². The predicted molar refractivity (Wildman–Crippen MR) is 72.7 cm³/mol. The summed E-state index contributed by atoms with van der Waals surface area (Å²) in [6.45, 7) is 3.11. The van der Waals surface area contributed by atoms with Crippen molar-refractivity contribution in [1.29, 1.82) is 0 Å². The Morgan fingerprint density at radius 3 is 2.88 bits per heavy atom. The summed E-state index contributed by atoms with van der Waals surface area (Å²) in [6, 6.07) is 8.59. The number of ether oxygens (including phenoxy) is 1. The van der Waals surface area contributed by atoms with Gasteiger partial charge < -0.3 is 4.74 Å².